The van der Waals surface area contributed by atoms with Crippen LogP contribution in [0.25, 0.3) is 0 Å². The molecule has 2 aromatic rings. The van der Waals surface area contributed by atoms with Gasteiger partial charge in [-0.05, 0) is 55.2 Å². The van der Waals surface area contributed by atoms with Crippen molar-refractivity contribution in [2.24, 2.45) is 17.6 Å². The normalized spacial score (nSPS) is 19.3. The Kier molecular flexibility index (Phi) is 17.0. The Balaban J connectivity index is 1.53. The number of aliphatic hydroxyl groups excluding tert-OH is 1. The van der Waals surface area contributed by atoms with Gasteiger partial charge in [0.1, 0.15) is 18.1 Å². The number of carbonyl (C=O) groups excluding carboxylic acids is 6. The lowest BCUT2D eigenvalue weighted by molar-refractivity contribution is -0.142. The summed E-state index contributed by atoms with van der Waals surface area (Å²) in [6.07, 6.45) is 1.66. The monoisotopic (exact) mass is 827 g/mol. The minimum Gasteiger partial charge on any atom is -0.449 e. The molecule has 2 aromatic carbocycles. The molecule has 6 unspecified atom stereocenters. The van der Waals surface area contributed by atoms with Gasteiger partial charge in [0, 0.05) is 12.6 Å². The molecule has 1 saturated carbocycles. The lowest BCUT2D eigenvalue weighted by Crippen LogP contribution is -2.58. The molecule has 0 bridgehead atoms. The van der Waals surface area contributed by atoms with E-state index in [4.69, 9.17) is 10.5 Å². The third-order valence-corrected chi connectivity index (χ3v) is 11.7. The van der Waals surface area contributed by atoms with Gasteiger partial charge in [-0.25, -0.2) is 17.9 Å². The summed E-state index contributed by atoms with van der Waals surface area (Å²) in [6, 6.07) is 10.3. The number of alkyl carbamates (subject to hydrolysis) is 1. The molecule has 6 atom stereocenters. The molecule has 8 N–H and O–H groups in total. The molecule has 1 heterocycles. The summed E-state index contributed by atoms with van der Waals surface area (Å²) in [6.45, 7) is 4.80. The Morgan fingerprint density at radius 1 is 0.914 bits per heavy atom. The zero-order valence-corrected chi connectivity index (χ0v) is 34.0. The molecule has 0 radical (unpaired) electrons. The smallest absolute Gasteiger partial charge is 0.407 e. The second-order valence-electron chi connectivity index (χ2n) is 15.3. The first kappa shape index (κ1) is 45.6. The fourth-order valence-electron chi connectivity index (χ4n) is 7.27. The number of sulfonamides is 1. The fraction of sp³-hybridized carbons (Fsp3) is 0.550. The summed E-state index contributed by atoms with van der Waals surface area (Å²) >= 11 is 0. The van der Waals surface area contributed by atoms with E-state index in [1.165, 1.54) is 17.0 Å². The lowest BCUT2D eigenvalue weighted by Gasteiger charge is -2.35. The summed E-state index contributed by atoms with van der Waals surface area (Å²) in [7, 11) is -4.08. The second kappa shape index (κ2) is 21.6. The van der Waals surface area contributed by atoms with Crippen LogP contribution in [0.2, 0.25) is 0 Å². The number of hydrogen-bond acceptors (Lipinski definition) is 10. The summed E-state index contributed by atoms with van der Waals surface area (Å²) < 4.78 is 34.7. The topological polar surface area (TPSA) is 255 Å². The van der Waals surface area contributed by atoms with Gasteiger partial charge in [-0.2, -0.15) is 0 Å². The predicted octanol–water partition coefficient (Wildman–Crippen LogP) is 1.37. The number of benzene rings is 2. The number of nitrogens with one attached hydrogen (secondary N) is 5. The van der Waals surface area contributed by atoms with Crippen LogP contribution in [-0.2, 0) is 38.7 Å². The molecule has 0 spiro atoms. The average Bonchev–Trinajstić information content (AvgIpc) is 3.63. The largest absolute Gasteiger partial charge is 0.449 e. The van der Waals surface area contributed by atoms with Crippen LogP contribution in [0.15, 0.2) is 65.6 Å². The van der Waals surface area contributed by atoms with Crippen molar-refractivity contribution in [2.45, 2.75) is 113 Å². The van der Waals surface area contributed by atoms with E-state index in [-0.39, 0.29) is 42.7 Å². The average molecular weight is 828 g/mol. The zero-order chi connectivity index (χ0) is 42.4. The number of nitrogens with two attached hydrogens (primary N) is 1. The molecule has 6 amide bonds. The van der Waals surface area contributed by atoms with Crippen LogP contribution in [0, 0.1) is 11.8 Å². The first-order valence-corrected chi connectivity index (χ1v) is 21.3. The summed E-state index contributed by atoms with van der Waals surface area (Å²) in [4.78, 5) is 80.9. The number of aliphatic hydroxyl groups is 1. The van der Waals surface area contributed by atoms with E-state index in [1.807, 2.05) is 13.8 Å². The molecule has 1 saturated heterocycles. The Morgan fingerprint density at radius 3 is 2.16 bits per heavy atom. The maximum Gasteiger partial charge on any atom is 0.407 e. The maximum atomic E-state index is 14.5. The Morgan fingerprint density at radius 2 is 1.55 bits per heavy atom. The quantitative estimate of drug-likeness (QED) is 0.107. The highest BCUT2D eigenvalue weighted by molar-refractivity contribution is 7.89. The Labute approximate surface area is 339 Å². The standard InChI is InChI=1S/C40H57N7O10S/c1-4-14-30(35(49)38(52)42-22-32(48)44-33(36(41)50)26-15-8-5-9-16-26)43-37(51)31-21-28(46-58(55,56)29-19-12-7-13-20-29)23-47(31)39(53)34(27-17-10-6-11-18-27)45-40(54)57-24-25(2)3/h5,7-9,12-13,15-16,19-20,25,27-28,30-31,33-35,46,49H,4,6,10-11,14,17-18,21-24H2,1-3H3,(H2,41,50)(H,42,52)(H,43,51)(H,44,48)(H,45,54). The minimum atomic E-state index is -4.08. The third kappa shape index (κ3) is 13.0. The van der Waals surface area contributed by atoms with Gasteiger partial charge in [-0.1, -0.05) is 95.0 Å². The van der Waals surface area contributed by atoms with Crippen LogP contribution in [-0.4, -0.2) is 104 Å². The first-order valence-electron chi connectivity index (χ1n) is 19.8. The molecule has 318 valence electrons. The van der Waals surface area contributed by atoms with Crippen molar-refractivity contribution in [1.29, 1.82) is 0 Å². The van der Waals surface area contributed by atoms with E-state index >= 15 is 0 Å². The zero-order valence-electron chi connectivity index (χ0n) is 33.2. The van der Waals surface area contributed by atoms with Crippen molar-refractivity contribution in [3.63, 3.8) is 0 Å². The van der Waals surface area contributed by atoms with Gasteiger partial charge in [0.25, 0.3) is 5.91 Å². The minimum absolute atomic E-state index is 0.00790. The number of ether oxygens (including phenoxy) is 1. The molecule has 1 aliphatic carbocycles. The van der Waals surface area contributed by atoms with E-state index in [0.29, 0.717) is 24.8 Å². The van der Waals surface area contributed by atoms with Crippen molar-refractivity contribution in [3.8, 4) is 0 Å². The lowest BCUT2D eigenvalue weighted by atomic mass is 9.83. The first-order chi connectivity index (χ1) is 27.6. The molecule has 0 aromatic heterocycles. The number of hydrogen-bond donors (Lipinski definition) is 7. The summed E-state index contributed by atoms with van der Waals surface area (Å²) in [5, 5.41) is 21.4. The molecule has 2 aliphatic rings. The van der Waals surface area contributed by atoms with Crippen molar-refractivity contribution in [3.05, 3.63) is 66.2 Å². The van der Waals surface area contributed by atoms with Gasteiger partial charge < -0.3 is 41.7 Å². The number of primary amides is 1. The van der Waals surface area contributed by atoms with Crippen molar-refractivity contribution in [2.75, 3.05) is 19.7 Å². The number of rotatable bonds is 19. The SMILES string of the molecule is CCCC(NC(=O)C1CC(NS(=O)(=O)c2ccccc2)CN1C(=O)C(NC(=O)OCC(C)C)C1CCCCC1)C(O)C(=O)NCC(=O)NC(C(N)=O)c1ccccc1. The van der Waals surface area contributed by atoms with Gasteiger partial charge in [-0.15, -0.1) is 0 Å². The van der Waals surface area contributed by atoms with Gasteiger partial charge in [0.05, 0.1) is 24.1 Å². The Hall–Kier alpha value is -5.07. The Bertz CT molecular complexity index is 1830. The summed E-state index contributed by atoms with van der Waals surface area (Å²) in [5.41, 5.74) is 5.91. The summed E-state index contributed by atoms with van der Waals surface area (Å²) in [5.74, 6) is -4.14. The molecule has 18 heteroatoms. The highest BCUT2D eigenvalue weighted by Gasteiger charge is 2.46. The number of carbonyl (C=O) groups is 6. The van der Waals surface area contributed by atoms with E-state index in [0.717, 1.165) is 19.3 Å². The van der Waals surface area contributed by atoms with Gasteiger partial charge >= 0.3 is 6.09 Å². The molecule has 17 nitrogen and oxygen atoms in total. The number of nitrogens with zero attached hydrogens (tertiary/aromatic N) is 1. The second-order valence-corrected chi connectivity index (χ2v) is 17.0. The molecule has 58 heavy (non-hydrogen) atoms. The van der Waals surface area contributed by atoms with Crippen LogP contribution in [0.5, 0.6) is 0 Å². The van der Waals surface area contributed by atoms with Crippen LogP contribution in [0.4, 0.5) is 4.79 Å². The van der Waals surface area contributed by atoms with E-state index in [2.05, 4.69) is 26.0 Å². The van der Waals surface area contributed by atoms with Crippen LogP contribution in [0.3, 0.4) is 0 Å². The van der Waals surface area contributed by atoms with E-state index < -0.39 is 88.5 Å². The maximum absolute atomic E-state index is 14.5. The molecular formula is C40H57N7O10S. The van der Waals surface area contributed by atoms with Gasteiger partial charge in [-0.3, -0.25) is 24.0 Å². The highest BCUT2D eigenvalue weighted by atomic mass is 32.2. The number of amides is 6. The molecular weight excluding hydrogens is 771 g/mol. The number of likely N-dealkylation sites (tertiary alicyclic amines) is 1. The van der Waals surface area contributed by atoms with Crippen LogP contribution in [0.1, 0.15) is 83.7 Å². The van der Waals surface area contributed by atoms with E-state index in [1.54, 1.807) is 55.5 Å². The third-order valence-electron chi connectivity index (χ3n) is 10.2. The highest BCUT2D eigenvalue weighted by Crippen LogP contribution is 2.30. The van der Waals surface area contributed by atoms with E-state index in [9.17, 15) is 42.3 Å². The van der Waals surface area contributed by atoms with Crippen molar-refractivity contribution in [1.82, 2.24) is 30.9 Å². The van der Waals surface area contributed by atoms with Gasteiger partial charge in [0.2, 0.25) is 33.7 Å². The fourth-order valence-corrected chi connectivity index (χ4v) is 8.53. The molecule has 1 aliphatic heterocycles. The predicted molar refractivity (Wildman–Crippen MR) is 213 cm³/mol. The van der Waals surface area contributed by atoms with Crippen molar-refractivity contribution >= 4 is 45.7 Å². The molecule has 4 rings (SSSR count). The van der Waals surface area contributed by atoms with Crippen LogP contribution < -0.4 is 31.7 Å². The van der Waals surface area contributed by atoms with Crippen LogP contribution >= 0.6 is 0 Å². The molecule has 2 fully saturated rings. The van der Waals surface area contributed by atoms with Crippen molar-refractivity contribution < 1.29 is 47.0 Å². The van der Waals surface area contributed by atoms with Gasteiger partial charge in [0.15, 0.2) is 6.10 Å².